The van der Waals surface area contributed by atoms with Crippen molar-refractivity contribution in [1.29, 1.82) is 0 Å². The minimum Gasteiger partial charge on any atom is -0.258 e. The highest BCUT2D eigenvalue weighted by Crippen LogP contribution is 2.31. The first-order chi connectivity index (χ1) is 5.52. The highest BCUT2D eigenvalue weighted by molar-refractivity contribution is 7.80. The average molecular weight is 204 g/mol. The van der Waals surface area contributed by atoms with Crippen LogP contribution in [0.5, 0.6) is 0 Å². The van der Waals surface area contributed by atoms with E-state index in [2.05, 4.69) is 12.6 Å². The molecule has 0 fully saturated rings. The predicted molar refractivity (Wildman–Crippen MR) is 50.1 cm³/mol. The molecule has 0 unspecified atom stereocenters. The third-order valence-electron chi connectivity index (χ3n) is 1.37. The molecule has 0 aliphatic heterocycles. The lowest BCUT2D eigenvalue weighted by molar-refractivity contribution is -0.387. The summed E-state index contributed by atoms with van der Waals surface area (Å²) in [5, 5.41) is 10.6. The fraction of sp³-hybridized carbons (Fsp3) is 0.143. The molecule has 1 aromatic rings. The normalized spacial score (nSPS) is 9.92. The maximum atomic E-state index is 10.4. The molecule has 0 spiro atoms. The van der Waals surface area contributed by atoms with Crippen LogP contribution in [0.1, 0.15) is 5.56 Å². The molecule has 0 saturated carbocycles. The van der Waals surface area contributed by atoms with Gasteiger partial charge in [-0.25, -0.2) is 0 Å². The second-order valence-corrected chi connectivity index (χ2v) is 3.26. The number of nitro groups is 1. The van der Waals surface area contributed by atoms with Gasteiger partial charge in [-0.15, -0.1) is 12.6 Å². The third-order valence-corrected chi connectivity index (χ3v) is 2.00. The molecule has 3 nitrogen and oxygen atoms in total. The van der Waals surface area contributed by atoms with Crippen molar-refractivity contribution in [1.82, 2.24) is 0 Å². The maximum absolute atomic E-state index is 10.4. The van der Waals surface area contributed by atoms with Gasteiger partial charge in [0.15, 0.2) is 0 Å². The Bertz CT molecular complexity index is 317. The van der Waals surface area contributed by atoms with Gasteiger partial charge in [-0.1, -0.05) is 11.6 Å². The second-order valence-electron chi connectivity index (χ2n) is 2.37. The summed E-state index contributed by atoms with van der Waals surface area (Å²) in [5.74, 6) is 0. The van der Waals surface area contributed by atoms with Gasteiger partial charge in [-0.3, -0.25) is 10.1 Å². The van der Waals surface area contributed by atoms with Crippen molar-refractivity contribution in [3.05, 3.63) is 32.8 Å². The Morgan fingerprint density at radius 2 is 2.17 bits per heavy atom. The SMILES string of the molecule is Cc1cc(S)c([N+](=O)[O-])c(Cl)c1. The minimum atomic E-state index is -0.538. The van der Waals surface area contributed by atoms with Crippen LogP contribution in [0.15, 0.2) is 17.0 Å². The number of benzene rings is 1. The van der Waals surface area contributed by atoms with E-state index in [1.54, 1.807) is 19.1 Å². The van der Waals surface area contributed by atoms with Gasteiger partial charge in [0.25, 0.3) is 0 Å². The molecule has 0 saturated heterocycles. The molecule has 0 heterocycles. The van der Waals surface area contributed by atoms with Crippen LogP contribution in [-0.2, 0) is 0 Å². The van der Waals surface area contributed by atoms with E-state index < -0.39 is 4.92 Å². The first-order valence-corrected chi connectivity index (χ1v) is 3.98. The van der Waals surface area contributed by atoms with Crippen molar-refractivity contribution in [2.24, 2.45) is 0 Å². The van der Waals surface area contributed by atoms with E-state index in [-0.39, 0.29) is 10.7 Å². The summed E-state index contributed by atoms with van der Waals surface area (Å²) in [7, 11) is 0. The van der Waals surface area contributed by atoms with Crippen molar-refractivity contribution >= 4 is 29.9 Å². The third kappa shape index (κ3) is 1.70. The van der Waals surface area contributed by atoms with E-state index in [9.17, 15) is 10.1 Å². The molecule has 0 aliphatic carbocycles. The van der Waals surface area contributed by atoms with Gasteiger partial charge >= 0.3 is 5.69 Å². The Balaban J connectivity index is 3.38. The van der Waals surface area contributed by atoms with Crippen molar-refractivity contribution in [3.8, 4) is 0 Å². The molecule has 1 aromatic carbocycles. The number of halogens is 1. The van der Waals surface area contributed by atoms with Crippen LogP contribution in [-0.4, -0.2) is 4.92 Å². The monoisotopic (exact) mass is 203 g/mol. The van der Waals surface area contributed by atoms with E-state index in [1.807, 2.05) is 0 Å². The number of nitro benzene ring substituents is 1. The summed E-state index contributed by atoms with van der Waals surface area (Å²) >= 11 is 9.59. The first kappa shape index (κ1) is 9.35. The Morgan fingerprint density at radius 1 is 1.58 bits per heavy atom. The van der Waals surface area contributed by atoms with E-state index in [1.165, 1.54) is 0 Å². The smallest absolute Gasteiger partial charge is 0.258 e. The van der Waals surface area contributed by atoms with Gasteiger partial charge < -0.3 is 0 Å². The van der Waals surface area contributed by atoms with Crippen LogP contribution in [0.3, 0.4) is 0 Å². The fourth-order valence-corrected chi connectivity index (χ4v) is 1.71. The van der Waals surface area contributed by atoms with Crippen LogP contribution in [0, 0.1) is 17.0 Å². The topological polar surface area (TPSA) is 43.1 Å². The van der Waals surface area contributed by atoms with E-state index in [0.717, 1.165) is 5.56 Å². The molecule has 0 amide bonds. The van der Waals surface area contributed by atoms with Gasteiger partial charge in [-0.05, 0) is 24.6 Å². The number of rotatable bonds is 1. The number of aryl methyl sites for hydroxylation is 1. The van der Waals surface area contributed by atoms with E-state index >= 15 is 0 Å². The van der Waals surface area contributed by atoms with Crippen molar-refractivity contribution in [2.75, 3.05) is 0 Å². The molecule has 0 radical (unpaired) electrons. The average Bonchev–Trinajstić information content (AvgIpc) is 1.82. The highest BCUT2D eigenvalue weighted by atomic mass is 35.5. The summed E-state index contributed by atoms with van der Waals surface area (Å²) < 4.78 is 0. The minimum absolute atomic E-state index is 0.130. The molecule has 1 rings (SSSR count). The lowest BCUT2D eigenvalue weighted by Gasteiger charge is -1.99. The molecule has 12 heavy (non-hydrogen) atoms. The molecule has 0 aromatic heterocycles. The largest absolute Gasteiger partial charge is 0.301 e. The van der Waals surface area contributed by atoms with Crippen LogP contribution in [0.25, 0.3) is 0 Å². The van der Waals surface area contributed by atoms with E-state index in [4.69, 9.17) is 11.6 Å². The lowest BCUT2D eigenvalue weighted by Crippen LogP contribution is -1.91. The van der Waals surface area contributed by atoms with Gasteiger partial charge in [0.1, 0.15) is 5.02 Å². The summed E-state index contributed by atoms with van der Waals surface area (Å²) in [6.07, 6.45) is 0. The lowest BCUT2D eigenvalue weighted by atomic mass is 10.2. The number of hydrogen-bond acceptors (Lipinski definition) is 3. The van der Waals surface area contributed by atoms with Gasteiger partial charge in [0, 0.05) is 0 Å². The quantitative estimate of drug-likeness (QED) is 0.433. The van der Waals surface area contributed by atoms with Gasteiger partial charge in [0.2, 0.25) is 0 Å². The Labute approximate surface area is 79.9 Å². The van der Waals surface area contributed by atoms with Crippen molar-refractivity contribution in [3.63, 3.8) is 0 Å². The molecule has 0 aliphatic rings. The molecule has 0 bridgehead atoms. The Morgan fingerprint density at radius 3 is 2.58 bits per heavy atom. The van der Waals surface area contributed by atoms with Crippen LogP contribution >= 0.6 is 24.2 Å². The number of thiol groups is 1. The standard InChI is InChI=1S/C7H6ClNO2S/c1-4-2-5(8)7(9(10)11)6(12)3-4/h2-3,12H,1H3. The number of nitrogens with zero attached hydrogens (tertiary/aromatic N) is 1. The summed E-state index contributed by atoms with van der Waals surface area (Å²) in [6.45, 7) is 1.80. The first-order valence-electron chi connectivity index (χ1n) is 3.16. The highest BCUT2D eigenvalue weighted by Gasteiger charge is 2.16. The summed E-state index contributed by atoms with van der Waals surface area (Å²) in [5.41, 5.74) is 0.723. The van der Waals surface area contributed by atoms with Crippen molar-refractivity contribution in [2.45, 2.75) is 11.8 Å². The van der Waals surface area contributed by atoms with Crippen molar-refractivity contribution < 1.29 is 4.92 Å². The van der Waals surface area contributed by atoms with Gasteiger partial charge in [-0.2, -0.15) is 0 Å². The second kappa shape index (κ2) is 3.33. The zero-order valence-corrected chi connectivity index (χ0v) is 7.89. The van der Waals surface area contributed by atoms with Crippen LogP contribution < -0.4 is 0 Å². The molecule has 0 N–H and O–H groups in total. The maximum Gasteiger partial charge on any atom is 0.301 e. The fourth-order valence-electron chi connectivity index (χ4n) is 0.897. The van der Waals surface area contributed by atoms with Gasteiger partial charge in [0.05, 0.1) is 9.82 Å². The summed E-state index contributed by atoms with van der Waals surface area (Å²) in [6, 6.07) is 3.15. The molecule has 5 heteroatoms. The van der Waals surface area contributed by atoms with Crippen LogP contribution in [0.2, 0.25) is 5.02 Å². The zero-order valence-electron chi connectivity index (χ0n) is 6.24. The predicted octanol–water partition coefficient (Wildman–Crippen LogP) is 2.85. The summed E-state index contributed by atoms with van der Waals surface area (Å²) in [4.78, 5) is 10.2. The van der Waals surface area contributed by atoms with E-state index in [0.29, 0.717) is 4.90 Å². The van der Waals surface area contributed by atoms with Crippen LogP contribution in [0.4, 0.5) is 5.69 Å². The molecule has 0 atom stereocenters. The molecule has 64 valence electrons. The zero-order chi connectivity index (χ0) is 9.30. The number of hydrogen-bond donors (Lipinski definition) is 1. The molecular weight excluding hydrogens is 198 g/mol. The molecular formula is C7H6ClNO2S. The Kier molecular flexibility index (Phi) is 2.59. The Hall–Kier alpha value is -0.740.